The Morgan fingerprint density at radius 3 is 3.08 bits per heavy atom. The third-order valence-corrected chi connectivity index (χ3v) is 4.84. The van der Waals surface area contributed by atoms with Gasteiger partial charge in [0.05, 0.1) is 36.1 Å². The Kier molecular flexibility index (Phi) is 4.26. The van der Waals surface area contributed by atoms with Gasteiger partial charge in [0, 0.05) is 22.8 Å². The summed E-state index contributed by atoms with van der Waals surface area (Å²) in [7, 11) is 0. The SMILES string of the molecule is CCOC(=O)C(c1ncn2c1C[C@@H](F)C2)n1cc2c(F)cc(Br)cc2n1. The summed E-state index contributed by atoms with van der Waals surface area (Å²) in [5.74, 6) is -1.02. The van der Waals surface area contributed by atoms with E-state index in [0.29, 0.717) is 21.4 Å². The van der Waals surface area contributed by atoms with Crippen molar-refractivity contribution in [2.24, 2.45) is 0 Å². The molecule has 2 atom stereocenters. The van der Waals surface area contributed by atoms with E-state index in [-0.39, 0.29) is 25.0 Å². The van der Waals surface area contributed by atoms with E-state index in [1.807, 2.05) is 0 Å². The van der Waals surface area contributed by atoms with Crippen molar-refractivity contribution in [3.05, 3.63) is 46.3 Å². The predicted octanol–water partition coefficient (Wildman–Crippen LogP) is 3.18. The molecule has 1 aliphatic heterocycles. The van der Waals surface area contributed by atoms with Crippen LogP contribution < -0.4 is 0 Å². The first-order valence-corrected chi connectivity index (χ1v) is 8.95. The van der Waals surface area contributed by atoms with Gasteiger partial charge in [-0.15, -0.1) is 0 Å². The van der Waals surface area contributed by atoms with E-state index in [1.54, 1.807) is 17.6 Å². The molecule has 0 radical (unpaired) electrons. The number of hydrogen-bond acceptors (Lipinski definition) is 4. The number of halogens is 3. The average Bonchev–Trinajstić information content (AvgIpc) is 3.23. The summed E-state index contributed by atoms with van der Waals surface area (Å²) in [5.41, 5.74) is 1.41. The van der Waals surface area contributed by atoms with Crippen molar-refractivity contribution in [1.29, 1.82) is 0 Å². The summed E-state index contributed by atoms with van der Waals surface area (Å²) in [6.07, 6.45) is 2.12. The number of esters is 1. The summed E-state index contributed by atoms with van der Waals surface area (Å²) in [5, 5.41) is 4.62. The van der Waals surface area contributed by atoms with Gasteiger partial charge in [-0.2, -0.15) is 5.10 Å². The summed E-state index contributed by atoms with van der Waals surface area (Å²) in [6, 6.07) is 1.99. The zero-order valence-corrected chi connectivity index (χ0v) is 15.4. The van der Waals surface area contributed by atoms with E-state index in [9.17, 15) is 13.6 Å². The molecule has 26 heavy (non-hydrogen) atoms. The summed E-state index contributed by atoms with van der Waals surface area (Å²) >= 11 is 3.23. The van der Waals surface area contributed by atoms with Gasteiger partial charge in [0.1, 0.15) is 12.0 Å². The van der Waals surface area contributed by atoms with Crippen molar-refractivity contribution in [2.45, 2.75) is 32.1 Å². The maximum absolute atomic E-state index is 14.2. The van der Waals surface area contributed by atoms with E-state index in [0.717, 1.165) is 0 Å². The van der Waals surface area contributed by atoms with Crippen LogP contribution in [-0.2, 0) is 22.5 Å². The quantitative estimate of drug-likeness (QED) is 0.603. The number of aromatic nitrogens is 4. The second kappa shape index (κ2) is 6.46. The molecule has 9 heteroatoms. The molecule has 1 unspecified atom stereocenters. The molecule has 0 saturated carbocycles. The molecule has 1 aliphatic rings. The molecule has 0 bridgehead atoms. The number of carbonyl (C=O) groups excluding carboxylic acids is 1. The first kappa shape index (κ1) is 17.1. The van der Waals surface area contributed by atoms with Crippen molar-refractivity contribution >= 4 is 32.8 Å². The number of hydrogen-bond donors (Lipinski definition) is 0. The van der Waals surface area contributed by atoms with Gasteiger partial charge in [-0.05, 0) is 19.1 Å². The van der Waals surface area contributed by atoms with Crippen LogP contribution in [0.5, 0.6) is 0 Å². The lowest BCUT2D eigenvalue weighted by Gasteiger charge is -2.15. The predicted molar refractivity (Wildman–Crippen MR) is 93.0 cm³/mol. The molecule has 0 N–H and O–H groups in total. The third-order valence-electron chi connectivity index (χ3n) is 4.38. The fraction of sp³-hybridized carbons (Fsp3) is 0.353. The summed E-state index contributed by atoms with van der Waals surface area (Å²) in [4.78, 5) is 16.9. The van der Waals surface area contributed by atoms with Crippen LogP contribution >= 0.6 is 15.9 Å². The normalized spacial score (nSPS) is 17.5. The van der Waals surface area contributed by atoms with Crippen LogP contribution in [0.1, 0.15) is 24.4 Å². The van der Waals surface area contributed by atoms with Gasteiger partial charge in [0.25, 0.3) is 0 Å². The Balaban J connectivity index is 1.85. The highest BCUT2D eigenvalue weighted by molar-refractivity contribution is 9.10. The highest BCUT2D eigenvalue weighted by Gasteiger charge is 2.34. The summed E-state index contributed by atoms with van der Waals surface area (Å²) in [6.45, 7) is 2.08. The van der Waals surface area contributed by atoms with E-state index < -0.39 is 24.0 Å². The first-order valence-electron chi connectivity index (χ1n) is 8.16. The Labute approximate surface area is 155 Å². The van der Waals surface area contributed by atoms with Gasteiger partial charge in [-0.1, -0.05) is 15.9 Å². The Bertz CT molecular complexity index is 1000. The van der Waals surface area contributed by atoms with Crippen LogP contribution in [0.3, 0.4) is 0 Å². The lowest BCUT2D eigenvalue weighted by Crippen LogP contribution is -2.25. The lowest BCUT2D eigenvalue weighted by atomic mass is 10.1. The Morgan fingerprint density at radius 1 is 1.50 bits per heavy atom. The lowest BCUT2D eigenvalue weighted by molar-refractivity contribution is -0.146. The zero-order chi connectivity index (χ0) is 18.4. The van der Waals surface area contributed by atoms with Gasteiger partial charge in [0.15, 0.2) is 6.04 Å². The maximum Gasteiger partial charge on any atom is 0.337 e. The molecule has 0 fully saturated rings. The molecule has 0 saturated heterocycles. The minimum atomic E-state index is -1.01. The van der Waals surface area contributed by atoms with Crippen LogP contribution in [0.25, 0.3) is 10.9 Å². The monoisotopic (exact) mass is 424 g/mol. The second-order valence-corrected chi connectivity index (χ2v) is 7.03. The molecule has 3 aromatic rings. The van der Waals surface area contributed by atoms with Crippen LogP contribution in [0.2, 0.25) is 0 Å². The largest absolute Gasteiger partial charge is 0.464 e. The first-order chi connectivity index (χ1) is 12.5. The second-order valence-electron chi connectivity index (χ2n) is 6.11. The number of nitrogens with zero attached hydrogens (tertiary/aromatic N) is 4. The minimum absolute atomic E-state index is 0.173. The molecule has 0 aliphatic carbocycles. The van der Waals surface area contributed by atoms with Crippen LogP contribution in [-0.4, -0.2) is 38.1 Å². The fourth-order valence-corrected chi connectivity index (χ4v) is 3.70. The molecule has 0 spiro atoms. The minimum Gasteiger partial charge on any atom is -0.464 e. The van der Waals surface area contributed by atoms with Gasteiger partial charge >= 0.3 is 5.97 Å². The van der Waals surface area contributed by atoms with E-state index in [4.69, 9.17) is 4.74 Å². The van der Waals surface area contributed by atoms with Crippen LogP contribution in [0, 0.1) is 5.82 Å². The van der Waals surface area contributed by atoms with E-state index in [1.165, 1.54) is 23.3 Å². The average molecular weight is 425 g/mol. The number of rotatable bonds is 4. The highest BCUT2D eigenvalue weighted by atomic mass is 79.9. The number of alkyl halides is 1. The maximum atomic E-state index is 14.2. The van der Waals surface area contributed by atoms with Crippen molar-refractivity contribution in [2.75, 3.05) is 6.61 Å². The fourth-order valence-electron chi connectivity index (χ4n) is 3.28. The van der Waals surface area contributed by atoms with E-state index >= 15 is 0 Å². The molecule has 4 rings (SSSR count). The van der Waals surface area contributed by atoms with Crippen LogP contribution in [0.4, 0.5) is 8.78 Å². The van der Waals surface area contributed by atoms with Crippen molar-refractivity contribution < 1.29 is 18.3 Å². The van der Waals surface area contributed by atoms with Gasteiger partial charge < -0.3 is 9.30 Å². The molecule has 2 aromatic heterocycles. The number of fused-ring (bicyclic) bond motifs is 2. The zero-order valence-electron chi connectivity index (χ0n) is 13.8. The van der Waals surface area contributed by atoms with E-state index in [2.05, 4.69) is 26.0 Å². The standard InChI is InChI=1S/C17H15BrF2N4O2/c1-2-26-17(25)16(15-14-5-10(19)6-23(14)8-21-15)24-7-11-12(20)3-9(18)4-13(11)22-24/h3-4,7-8,10,16H,2,5-6H2,1H3/t10-,16?/m1/s1. The van der Waals surface area contributed by atoms with Gasteiger partial charge in [-0.3, -0.25) is 4.68 Å². The smallest absolute Gasteiger partial charge is 0.337 e. The summed E-state index contributed by atoms with van der Waals surface area (Å²) < 4.78 is 36.7. The molecule has 0 amide bonds. The van der Waals surface area contributed by atoms with Gasteiger partial charge in [0.2, 0.25) is 0 Å². The van der Waals surface area contributed by atoms with Crippen molar-refractivity contribution in [1.82, 2.24) is 19.3 Å². The number of carbonyl (C=O) groups is 1. The van der Waals surface area contributed by atoms with Gasteiger partial charge in [-0.25, -0.2) is 18.6 Å². The Hall–Kier alpha value is -2.29. The Morgan fingerprint density at radius 2 is 2.31 bits per heavy atom. The van der Waals surface area contributed by atoms with Crippen molar-refractivity contribution in [3.63, 3.8) is 0 Å². The third kappa shape index (κ3) is 2.80. The molecular weight excluding hydrogens is 410 g/mol. The number of benzene rings is 1. The number of imidazole rings is 1. The van der Waals surface area contributed by atoms with Crippen LogP contribution in [0.15, 0.2) is 29.1 Å². The highest BCUT2D eigenvalue weighted by Crippen LogP contribution is 2.30. The number of ether oxygens (including phenoxy) is 1. The molecule has 3 heterocycles. The molecular formula is C17H15BrF2N4O2. The molecule has 1 aromatic carbocycles. The van der Waals surface area contributed by atoms with Crippen molar-refractivity contribution in [3.8, 4) is 0 Å². The molecule has 136 valence electrons. The topological polar surface area (TPSA) is 61.9 Å². The molecule has 6 nitrogen and oxygen atoms in total.